The topological polar surface area (TPSA) is 90.8 Å². The molecule has 0 radical (unpaired) electrons. The lowest BCUT2D eigenvalue weighted by molar-refractivity contribution is -0.134. The summed E-state index contributed by atoms with van der Waals surface area (Å²) in [4.78, 5) is 17.6. The van der Waals surface area contributed by atoms with Crippen LogP contribution in [0.1, 0.15) is 54.2 Å². The maximum atomic E-state index is 12.1. The van der Waals surface area contributed by atoms with E-state index in [1.807, 2.05) is 17.5 Å². The Hall–Kier alpha value is -2.75. The highest BCUT2D eigenvalue weighted by atomic mass is 32.2. The van der Waals surface area contributed by atoms with Crippen molar-refractivity contribution in [3.8, 4) is 11.3 Å². The molecule has 9 heteroatoms. The SMILES string of the molecule is CN(Cc1ccc(C2CCCCC2)cc1)c1ccc(-c2csc(CN(C)S(=O)(=O)CC(=O)O)n2)cc1. The number of benzene rings is 2. The van der Waals surface area contributed by atoms with Gasteiger partial charge in [0, 0.05) is 37.3 Å². The number of rotatable bonds is 10. The average Bonchev–Trinajstić information content (AvgIpc) is 3.33. The van der Waals surface area contributed by atoms with Gasteiger partial charge in [0.25, 0.3) is 0 Å². The van der Waals surface area contributed by atoms with E-state index in [1.54, 1.807) is 0 Å². The summed E-state index contributed by atoms with van der Waals surface area (Å²) in [5.74, 6) is -1.58. The van der Waals surface area contributed by atoms with E-state index < -0.39 is 21.7 Å². The molecule has 7 nitrogen and oxygen atoms in total. The Bertz CT molecular complexity index is 1270. The van der Waals surface area contributed by atoms with E-state index in [2.05, 4.69) is 53.3 Å². The average molecular weight is 528 g/mol. The summed E-state index contributed by atoms with van der Waals surface area (Å²) in [7, 11) is -0.417. The zero-order valence-electron chi connectivity index (χ0n) is 20.8. The van der Waals surface area contributed by atoms with Crippen LogP contribution in [0, 0.1) is 0 Å². The van der Waals surface area contributed by atoms with Crippen molar-refractivity contribution < 1.29 is 18.3 Å². The van der Waals surface area contributed by atoms with Gasteiger partial charge in [0.15, 0.2) is 5.75 Å². The number of carbonyl (C=O) groups is 1. The van der Waals surface area contributed by atoms with Gasteiger partial charge in [-0.3, -0.25) is 4.79 Å². The number of carboxylic acids is 1. The smallest absolute Gasteiger partial charge is 0.320 e. The molecular weight excluding hydrogens is 494 g/mol. The largest absolute Gasteiger partial charge is 0.480 e. The molecule has 0 atom stereocenters. The highest BCUT2D eigenvalue weighted by molar-refractivity contribution is 7.89. The molecule has 1 heterocycles. The van der Waals surface area contributed by atoms with Crippen LogP contribution in [0.4, 0.5) is 5.69 Å². The van der Waals surface area contributed by atoms with Crippen molar-refractivity contribution in [1.82, 2.24) is 9.29 Å². The number of nitrogens with zero attached hydrogens (tertiary/aromatic N) is 3. The number of aromatic nitrogens is 1. The van der Waals surface area contributed by atoms with Crippen molar-refractivity contribution in [2.24, 2.45) is 0 Å². The second kappa shape index (κ2) is 11.5. The summed E-state index contributed by atoms with van der Waals surface area (Å²) in [6.07, 6.45) is 6.69. The molecule has 1 aliphatic rings. The maximum absolute atomic E-state index is 12.1. The normalized spacial score (nSPS) is 14.8. The predicted molar refractivity (Wildman–Crippen MR) is 145 cm³/mol. The molecule has 0 bridgehead atoms. The van der Waals surface area contributed by atoms with Crippen molar-refractivity contribution in [2.45, 2.75) is 51.1 Å². The maximum Gasteiger partial charge on any atom is 0.320 e. The number of aliphatic carboxylic acids is 1. The van der Waals surface area contributed by atoms with Crippen LogP contribution >= 0.6 is 11.3 Å². The van der Waals surface area contributed by atoms with Crippen LogP contribution in [-0.4, -0.2) is 48.6 Å². The van der Waals surface area contributed by atoms with Crippen molar-refractivity contribution in [1.29, 1.82) is 0 Å². The second-order valence-corrected chi connectivity index (χ2v) is 12.5. The molecule has 2 aromatic carbocycles. The van der Waals surface area contributed by atoms with Gasteiger partial charge < -0.3 is 10.0 Å². The van der Waals surface area contributed by atoms with Gasteiger partial charge in [0.05, 0.1) is 12.2 Å². The molecule has 1 aromatic heterocycles. The van der Waals surface area contributed by atoms with Crippen molar-refractivity contribution >= 4 is 33.0 Å². The fraction of sp³-hybridized carbons (Fsp3) is 0.407. The van der Waals surface area contributed by atoms with E-state index in [0.717, 1.165) is 33.7 Å². The molecule has 36 heavy (non-hydrogen) atoms. The van der Waals surface area contributed by atoms with Crippen molar-refractivity contribution in [2.75, 3.05) is 24.7 Å². The van der Waals surface area contributed by atoms with Gasteiger partial charge >= 0.3 is 5.97 Å². The predicted octanol–water partition coefficient (Wildman–Crippen LogP) is 5.34. The van der Waals surface area contributed by atoms with Gasteiger partial charge in [-0.25, -0.2) is 13.4 Å². The molecule has 1 N–H and O–H groups in total. The van der Waals surface area contributed by atoms with Crippen LogP contribution in [0.5, 0.6) is 0 Å². The van der Waals surface area contributed by atoms with Crippen LogP contribution in [0.3, 0.4) is 0 Å². The third-order valence-corrected chi connectivity index (χ3v) is 9.29. The molecule has 3 aromatic rings. The van der Waals surface area contributed by atoms with E-state index in [9.17, 15) is 13.2 Å². The summed E-state index contributed by atoms with van der Waals surface area (Å²) in [6.45, 7) is 0.864. The van der Waals surface area contributed by atoms with Crippen LogP contribution < -0.4 is 4.90 Å². The van der Waals surface area contributed by atoms with Crippen LogP contribution in [0.25, 0.3) is 11.3 Å². The first-order chi connectivity index (χ1) is 17.2. The third-order valence-electron chi connectivity index (χ3n) is 6.77. The Morgan fingerprint density at radius 2 is 1.67 bits per heavy atom. The first-order valence-electron chi connectivity index (χ1n) is 12.2. The minimum absolute atomic E-state index is 0.0423. The quantitative estimate of drug-likeness (QED) is 0.383. The van der Waals surface area contributed by atoms with Gasteiger partial charge in [-0.1, -0.05) is 55.7 Å². The number of anilines is 1. The molecule has 192 valence electrons. The van der Waals surface area contributed by atoms with Crippen molar-refractivity contribution in [3.05, 3.63) is 70.0 Å². The Morgan fingerprint density at radius 1 is 1.00 bits per heavy atom. The lowest BCUT2D eigenvalue weighted by Gasteiger charge is -2.23. The van der Waals surface area contributed by atoms with E-state index >= 15 is 0 Å². The number of thiazole rings is 1. The molecule has 1 aliphatic carbocycles. The molecule has 0 spiro atoms. The van der Waals surface area contributed by atoms with Gasteiger partial charge in [-0.2, -0.15) is 4.31 Å². The minimum Gasteiger partial charge on any atom is -0.480 e. The Morgan fingerprint density at radius 3 is 2.31 bits per heavy atom. The summed E-state index contributed by atoms with van der Waals surface area (Å²) in [5, 5.41) is 11.3. The summed E-state index contributed by atoms with van der Waals surface area (Å²) >= 11 is 1.36. The first kappa shape index (κ1) is 26.3. The summed E-state index contributed by atoms with van der Waals surface area (Å²) in [5.41, 5.74) is 5.57. The Kier molecular flexibility index (Phi) is 8.43. The highest BCUT2D eigenvalue weighted by Gasteiger charge is 2.23. The Balaban J connectivity index is 1.35. The standard InChI is InChI=1S/C27H33N3O4S2/c1-29(16-20-8-10-22(11-9-20)21-6-4-3-5-7-21)24-14-12-23(13-15-24)25-18-35-26(28-25)17-30(2)36(33,34)19-27(31)32/h8-15,18,21H,3-7,16-17,19H2,1-2H3,(H,31,32). The van der Waals surface area contributed by atoms with Gasteiger partial charge in [0.2, 0.25) is 10.0 Å². The second-order valence-electron chi connectivity index (χ2n) is 9.51. The van der Waals surface area contributed by atoms with Crippen LogP contribution in [-0.2, 0) is 27.9 Å². The molecule has 4 rings (SSSR count). The monoisotopic (exact) mass is 527 g/mol. The highest BCUT2D eigenvalue weighted by Crippen LogP contribution is 2.33. The summed E-state index contributed by atoms with van der Waals surface area (Å²) < 4.78 is 25.2. The first-order valence-corrected chi connectivity index (χ1v) is 14.7. The molecule has 0 saturated heterocycles. The fourth-order valence-corrected chi connectivity index (χ4v) is 6.44. The van der Waals surface area contributed by atoms with Gasteiger partial charge in [-0.05, 0) is 42.0 Å². The molecule has 0 amide bonds. The fourth-order valence-electron chi connectivity index (χ4n) is 4.65. The number of carboxylic acid groups (broad SMARTS) is 1. The molecule has 1 saturated carbocycles. The van der Waals surface area contributed by atoms with Gasteiger partial charge in [-0.15, -0.1) is 11.3 Å². The van der Waals surface area contributed by atoms with E-state index in [0.29, 0.717) is 5.01 Å². The number of hydrogen-bond donors (Lipinski definition) is 1. The van der Waals surface area contributed by atoms with Crippen molar-refractivity contribution in [3.63, 3.8) is 0 Å². The van der Waals surface area contributed by atoms with Crippen LogP contribution in [0.15, 0.2) is 53.9 Å². The van der Waals surface area contributed by atoms with E-state index in [1.165, 1.54) is 61.6 Å². The lowest BCUT2D eigenvalue weighted by atomic mass is 9.84. The van der Waals surface area contributed by atoms with Gasteiger partial charge in [0.1, 0.15) is 5.01 Å². The van der Waals surface area contributed by atoms with Crippen LogP contribution in [0.2, 0.25) is 0 Å². The molecule has 1 fully saturated rings. The third kappa shape index (κ3) is 6.72. The molecule has 0 aliphatic heterocycles. The van der Waals surface area contributed by atoms with E-state index in [-0.39, 0.29) is 6.54 Å². The molecule has 0 unspecified atom stereocenters. The summed E-state index contributed by atoms with van der Waals surface area (Å²) in [6, 6.07) is 17.3. The minimum atomic E-state index is -3.87. The van der Waals surface area contributed by atoms with E-state index in [4.69, 9.17) is 5.11 Å². The zero-order chi connectivity index (χ0) is 25.7. The number of hydrogen-bond acceptors (Lipinski definition) is 6. The lowest BCUT2D eigenvalue weighted by Crippen LogP contribution is -2.31. The zero-order valence-corrected chi connectivity index (χ0v) is 22.4. The Labute approximate surface area is 217 Å². The number of sulfonamides is 1. The molecular formula is C27H33N3O4S2.